The molecule has 22 heavy (non-hydrogen) atoms. The molecule has 2 aromatic heterocycles. The molecule has 1 N–H and O–H groups in total. The van der Waals surface area contributed by atoms with Gasteiger partial charge in [0.25, 0.3) is 0 Å². The van der Waals surface area contributed by atoms with Gasteiger partial charge in [-0.25, -0.2) is 14.8 Å². The van der Waals surface area contributed by atoms with Crippen LogP contribution in [0.3, 0.4) is 0 Å². The number of carbonyl (C=O) groups excluding carboxylic acids is 1. The minimum Gasteiger partial charge on any atom is -0.460 e. The van der Waals surface area contributed by atoms with Crippen LogP contribution in [0.2, 0.25) is 0 Å². The van der Waals surface area contributed by atoms with E-state index >= 15 is 0 Å². The normalized spacial score (nSPS) is 21.2. The number of nitrogens with zero attached hydrogens (tertiary/aromatic N) is 2. The Bertz CT molecular complexity index is 673. The Morgan fingerprint density at radius 3 is 3.05 bits per heavy atom. The van der Waals surface area contributed by atoms with Crippen LogP contribution in [0.1, 0.15) is 36.8 Å². The number of methoxy groups -OCH3 is 1. The monoisotopic (exact) mass is 321 g/mol. The fraction of sp³-hybridized carbons (Fsp3) is 0.533. The number of anilines is 1. The Hall–Kier alpha value is -1.73. The molecule has 0 unspecified atom stereocenters. The van der Waals surface area contributed by atoms with Gasteiger partial charge in [-0.1, -0.05) is 0 Å². The highest BCUT2D eigenvalue weighted by atomic mass is 32.1. The number of hydrogen-bond acceptors (Lipinski definition) is 7. The first-order valence-corrected chi connectivity index (χ1v) is 8.31. The molecule has 6 nitrogen and oxygen atoms in total. The second-order valence-corrected chi connectivity index (χ2v) is 6.16. The van der Waals surface area contributed by atoms with E-state index in [1.54, 1.807) is 14.0 Å². The van der Waals surface area contributed by atoms with E-state index in [4.69, 9.17) is 9.47 Å². The Balaban J connectivity index is 1.87. The summed E-state index contributed by atoms with van der Waals surface area (Å²) in [7, 11) is 1.74. The number of thiophene rings is 1. The van der Waals surface area contributed by atoms with Crippen LogP contribution in [0.4, 0.5) is 5.82 Å². The summed E-state index contributed by atoms with van der Waals surface area (Å²) < 4.78 is 10.4. The van der Waals surface area contributed by atoms with Gasteiger partial charge in [0.1, 0.15) is 10.6 Å². The van der Waals surface area contributed by atoms with Gasteiger partial charge in [0, 0.05) is 13.2 Å². The second-order valence-electron chi connectivity index (χ2n) is 5.27. The third-order valence-corrected chi connectivity index (χ3v) is 4.65. The molecule has 0 radical (unpaired) electrons. The predicted molar refractivity (Wildman–Crippen MR) is 85.4 cm³/mol. The van der Waals surface area contributed by atoms with Crippen molar-refractivity contribution in [2.45, 2.75) is 38.3 Å². The Morgan fingerprint density at radius 2 is 2.32 bits per heavy atom. The zero-order valence-corrected chi connectivity index (χ0v) is 13.5. The van der Waals surface area contributed by atoms with Crippen molar-refractivity contribution in [3.63, 3.8) is 0 Å². The van der Waals surface area contributed by atoms with E-state index in [0.29, 0.717) is 24.6 Å². The van der Waals surface area contributed by atoms with Crippen LogP contribution in [0, 0.1) is 0 Å². The van der Waals surface area contributed by atoms with E-state index < -0.39 is 5.97 Å². The summed E-state index contributed by atoms with van der Waals surface area (Å²) in [4.78, 5) is 21.4. The van der Waals surface area contributed by atoms with E-state index in [9.17, 15) is 4.79 Å². The summed E-state index contributed by atoms with van der Waals surface area (Å²) in [5.74, 6) is 0.332. The van der Waals surface area contributed by atoms with Crippen molar-refractivity contribution < 1.29 is 14.3 Å². The number of carbonyl (C=O) groups is 1. The molecule has 2 aromatic rings. The number of aromatic nitrogens is 2. The van der Waals surface area contributed by atoms with Gasteiger partial charge in [-0.15, -0.1) is 11.3 Å². The molecular weight excluding hydrogens is 302 g/mol. The smallest absolute Gasteiger partial charge is 0.376 e. The first-order valence-electron chi connectivity index (χ1n) is 7.43. The first-order chi connectivity index (χ1) is 10.7. The highest BCUT2D eigenvalue weighted by Gasteiger charge is 2.26. The lowest BCUT2D eigenvalue weighted by molar-refractivity contribution is 0.0512. The number of ether oxygens (including phenoxy) is 2. The summed E-state index contributed by atoms with van der Waals surface area (Å²) in [6, 6.07) is 2.28. The average Bonchev–Trinajstić information content (AvgIpc) is 3.15. The number of rotatable bonds is 5. The van der Waals surface area contributed by atoms with E-state index in [0.717, 1.165) is 29.5 Å². The maximum absolute atomic E-state index is 11.9. The van der Waals surface area contributed by atoms with Crippen molar-refractivity contribution in [2.75, 3.05) is 19.0 Å². The minimum absolute atomic E-state index is 0.112. The van der Waals surface area contributed by atoms with Crippen LogP contribution in [-0.4, -0.2) is 41.8 Å². The van der Waals surface area contributed by atoms with Gasteiger partial charge in [-0.3, -0.25) is 0 Å². The number of fused-ring (bicyclic) bond motifs is 1. The molecule has 1 aliphatic rings. The Morgan fingerprint density at radius 1 is 1.45 bits per heavy atom. The molecule has 0 saturated heterocycles. The largest absolute Gasteiger partial charge is 0.460 e. The Labute approximate surface area is 132 Å². The van der Waals surface area contributed by atoms with Gasteiger partial charge in [0.15, 0.2) is 0 Å². The maximum Gasteiger partial charge on any atom is 0.376 e. The summed E-state index contributed by atoms with van der Waals surface area (Å²) in [6.07, 6.45) is 3.31. The van der Waals surface area contributed by atoms with Crippen LogP contribution in [-0.2, 0) is 9.47 Å². The lowest BCUT2D eigenvalue weighted by Gasteiger charge is -2.15. The summed E-state index contributed by atoms with van der Waals surface area (Å²) >= 11 is 1.49. The van der Waals surface area contributed by atoms with Crippen LogP contribution >= 0.6 is 11.3 Å². The van der Waals surface area contributed by atoms with Crippen molar-refractivity contribution in [3.8, 4) is 0 Å². The minimum atomic E-state index is -0.484. The molecule has 1 fully saturated rings. The highest BCUT2D eigenvalue weighted by Crippen LogP contribution is 2.29. The van der Waals surface area contributed by atoms with E-state index in [1.165, 1.54) is 11.3 Å². The summed E-state index contributed by atoms with van der Waals surface area (Å²) in [5, 5.41) is 6.33. The first kappa shape index (κ1) is 15.2. The molecule has 3 rings (SSSR count). The lowest BCUT2D eigenvalue weighted by atomic mass is 10.2. The number of hydrogen-bond donors (Lipinski definition) is 1. The highest BCUT2D eigenvalue weighted by molar-refractivity contribution is 7.16. The molecule has 2 heterocycles. The average molecular weight is 321 g/mol. The molecule has 2 atom stereocenters. The van der Waals surface area contributed by atoms with Crippen molar-refractivity contribution >= 4 is 33.3 Å². The fourth-order valence-corrected chi connectivity index (χ4v) is 3.49. The SMILES string of the molecule is CCOC(=O)c1nc(N[C@@H]2CC[C@H](OC)C2)c2ccsc2n1. The van der Waals surface area contributed by atoms with E-state index in [1.807, 2.05) is 11.4 Å². The molecule has 118 valence electrons. The topological polar surface area (TPSA) is 73.3 Å². The van der Waals surface area contributed by atoms with Gasteiger partial charge in [0.05, 0.1) is 18.1 Å². The zero-order valence-electron chi connectivity index (χ0n) is 12.7. The zero-order chi connectivity index (χ0) is 15.5. The molecule has 1 aliphatic carbocycles. The van der Waals surface area contributed by atoms with Crippen molar-refractivity contribution in [3.05, 3.63) is 17.3 Å². The molecule has 1 saturated carbocycles. The standard InChI is InChI=1S/C15H19N3O3S/c1-3-21-15(19)13-17-12(11-6-7-22-14(11)18-13)16-9-4-5-10(8-9)20-2/h6-7,9-10H,3-5,8H2,1-2H3,(H,16,17,18)/t9-,10+/m1/s1. The van der Waals surface area contributed by atoms with Gasteiger partial charge in [0.2, 0.25) is 5.82 Å². The van der Waals surface area contributed by atoms with Gasteiger partial charge in [-0.2, -0.15) is 0 Å². The van der Waals surface area contributed by atoms with Crippen molar-refractivity contribution in [1.29, 1.82) is 0 Å². The summed E-state index contributed by atoms with van der Waals surface area (Å²) in [5.41, 5.74) is 0. The van der Waals surface area contributed by atoms with E-state index in [2.05, 4.69) is 15.3 Å². The summed E-state index contributed by atoms with van der Waals surface area (Å²) in [6.45, 7) is 2.08. The number of nitrogens with one attached hydrogen (secondary N) is 1. The second kappa shape index (κ2) is 6.58. The van der Waals surface area contributed by atoms with Crippen molar-refractivity contribution in [1.82, 2.24) is 9.97 Å². The fourth-order valence-electron chi connectivity index (χ4n) is 2.73. The third kappa shape index (κ3) is 3.05. The van der Waals surface area contributed by atoms with Crippen LogP contribution in [0.25, 0.3) is 10.2 Å². The molecular formula is C15H19N3O3S. The maximum atomic E-state index is 11.9. The van der Waals surface area contributed by atoms with Gasteiger partial charge >= 0.3 is 5.97 Å². The molecule has 0 aromatic carbocycles. The van der Waals surface area contributed by atoms with Crippen LogP contribution < -0.4 is 5.32 Å². The molecule has 0 spiro atoms. The molecule has 0 amide bonds. The number of esters is 1. The molecule has 7 heteroatoms. The third-order valence-electron chi connectivity index (χ3n) is 3.84. The van der Waals surface area contributed by atoms with Crippen molar-refractivity contribution in [2.24, 2.45) is 0 Å². The quantitative estimate of drug-likeness (QED) is 0.854. The lowest BCUT2D eigenvalue weighted by Crippen LogP contribution is -2.19. The molecule has 0 aliphatic heterocycles. The van der Waals surface area contributed by atoms with Gasteiger partial charge in [-0.05, 0) is 37.6 Å². The van der Waals surface area contributed by atoms with Crippen LogP contribution in [0.5, 0.6) is 0 Å². The predicted octanol–water partition coefficient (Wildman–Crippen LogP) is 2.85. The van der Waals surface area contributed by atoms with Crippen LogP contribution in [0.15, 0.2) is 11.4 Å². The van der Waals surface area contributed by atoms with Gasteiger partial charge < -0.3 is 14.8 Å². The molecule has 0 bridgehead atoms. The van der Waals surface area contributed by atoms with E-state index in [-0.39, 0.29) is 5.82 Å². The Kier molecular flexibility index (Phi) is 4.54.